The molecule has 2 amide bonds. The normalized spacial score (nSPS) is 16.0. The van der Waals surface area contributed by atoms with Crippen molar-refractivity contribution in [2.75, 3.05) is 26.9 Å². The van der Waals surface area contributed by atoms with E-state index in [1.807, 2.05) is 6.92 Å². The fourth-order valence-electron chi connectivity index (χ4n) is 2.68. The Hall–Kier alpha value is -3.23. The van der Waals surface area contributed by atoms with Crippen molar-refractivity contribution in [1.29, 1.82) is 0 Å². The Morgan fingerprint density at radius 1 is 1.07 bits per heavy atom. The smallest absolute Gasteiger partial charge is 0.338 e. The first-order valence-corrected chi connectivity index (χ1v) is 8.86. The molecule has 0 saturated heterocycles. The summed E-state index contributed by atoms with van der Waals surface area (Å²) in [6.07, 6.45) is 0. The van der Waals surface area contributed by atoms with Crippen LogP contribution in [0.4, 0.5) is 4.79 Å². The van der Waals surface area contributed by atoms with E-state index >= 15 is 0 Å². The van der Waals surface area contributed by atoms with Gasteiger partial charge in [0.15, 0.2) is 11.5 Å². The minimum Gasteiger partial charge on any atom is -0.493 e. The summed E-state index contributed by atoms with van der Waals surface area (Å²) >= 11 is 0. The highest BCUT2D eigenvalue weighted by molar-refractivity contribution is 5.95. The summed E-state index contributed by atoms with van der Waals surface area (Å²) in [6, 6.07) is 3.58. The first kappa shape index (κ1) is 21.1. The van der Waals surface area contributed by atoms with Gasteiger partial charge in [-0.05, 0) is 39.0 Å². The minimum absolute atomic E-state index is 0.181. The summed E-state index contributed by atoms with van der Waals surface area (Å²) in [5, 5.41) is 5.07. The van der Waals surface area contributed by atoms with Gasteiger partial charge in [-0.3, -0.25) is 0 Å². The number of carbonyl (C=O) groups excluding carboxylic acids is 3. The second-order valence-corrected chi connectivity index (χ2v) is 5.81. The van der Waals surface area contributed by atoms with Crippen LogP contribution in [-0.4, -0.2) is 50.9 Å². The molecule has 1 heterocycles. The Morgan fingerprint density at radius 2 is 1.82 bits per heavy atom. The van der Waals surface area contributed by atoms with Crippen LogP contribution in [-0.2, 0) is 14.3 Å². The zero-order chi connectivity index (χ0) is 20.7. The minimum atomic E-state index is -0.641. The molecule has 2 rings (SSSR count). The summed E-state index contributed by atoms with van der Waals surface area (Å²) in [5.74, 6) is -0.325. The van der Waals surface area contributed by atoms with Gasteiger partial charge >= 0.3 is 18.0 Å². The lowest BCUT2D eigenvalue weighted by Gasteiger charge is -2.26. The topological polar surface area (TPSA) is 112 Å². The van der Waals surface area contributed by atoms with Crippen LogP contribution in [0.15, 0.2) is 29.5 Å². The van der Waals surface area contributed by atoms with Gasteiger partial charge in [0.05, 0.1) is 43.2 Å². The van der Waals surface area contributed by atoms with E-state index in [1.54, 1.807) is 26.0 Å². The third-order valence-corrected chi connectivity index (χ3v) is 3.91. The molecule has 1 aliphatic heterocycles. The molecule has 0 bridgehead atoms. The van der Waals surface area contributed by atoms with Crippen molar-refractivity contribution >= 4 is 18.0 Å². The monoisotopic (exact) mass is 392 g/mol. The van der Waals surface area contributed by atoms with Crippen LogP contribution in [0, 0.1) is 0 Å². The highest BCUT2D eigenvalue weighted by Crippen LogP contribution is 2.28. The van der Waals surface area contributed by atoms with Crippen molar-refractivity contribution in [1.82, 2.24) is 10.6 Å². The molecular formula is C19H24N2O7. The highest BCUT2D eigenvalue weighted by Gasteiger charge is 2.30. The SMILES string of the molecule is CCOC(=O)C1=C(COC(=O)c2ccc(OCC)c(OC)c2)NC(=O)N[C@H]1C. The van der Waals surface area contributed by atoms with Gasteiger partial charge in [-0.15, -0.1) is 0 Å². The Labute approximate surface area is 163 Å². The quantitative estimate of drug-likeness (QED) is 0.649. The lowest BCUT2D eigenvalue weighted by Crippen LogP contribution is -2.50. The molecule has 28 heavy (non-hydrogen) atoms. The van der Waals surface area contributed by atoms with Gasteiger partial charge in [-0.2, -0.15) is 0 Å². The maximum absolute atomic E-state index is 12.4. The molecule has 9 nitrogen and oxygen atoms in total. The van der Waals surface area contributed by atoms with E-state index < -0.39 is 24.0 Å². The van der Waals surface area contributed by atoms with Gasteiger partial charge < -0.3 is 29.6 Å². The van der Waals surface area contributed by atoms with Gasteiger partial charge in [0, 0.05) is 0 Å². The van der Waals surface area contributed by atoms with Crippen molar-refractivity contribution in [2.24, 2.45) is 0 Å². The lowest BCUT2D eigenvalue weighted by molar-refractivity contribution is -0.139. The van der Waals surface area contributed by atoms with E-state index in [0.717, 1.165) is 0 Å². The molecule has 152 valence electrons. The number of carbonyl (C=O) groups is 3. The van der Waals surface area contributed by atoms with Gasteiger partial charge in [0.25, 0.3) is 0 Å². The van der Waals surface area contributed by atoms with Crippen molar-refractivity contribution in [3.05, 3.63) is 35.0 Å². The zero-order valence-corrected chi connectivity index (χ0v) is 16.3. The number of esters is 2. The standard InChI is InChI=1S/C19H24N2O7/c1-5-26-14-8-7-12(9-15(14)25-4)17(22)28-10-13-16(18(23)27-6-2)11(3)20-19(24)21-13/h7-9,11H,5-6,10H2,1-4H3,(H2,20,21,24)/t11-/m0/s1. The Morgan fingerprint density at radius 3 is 2.46 bits per heavy atom. The third kappa shape index (κ3) is 4.93. The van der Waals surface area contributed by atoms with Crippen LogP contribution in [0.25, 0.3) is 0 Å². The van der Waals surface area contributed by atoms with Crippen molar-refractivity contribution in [2.45, 2.75) is 26.8 Å². The molecule has 1 atom stereocenters. The fourth-order valence-corrected chi connectivity index (χ4v) is 2.68. The number of ether oxygens (including phenoxy) is 4. The van der Waals surface area contributed by atoms with Gasteiger partial charge in [0.1, 0.15) is 6.61 Å². The fraction of sp³-hybridized carbons (Fsp3) is 0.421. The molecular weight excluding hydrogens is 368 g/mol. The summed E-state index contributed by atoms with van der Waals surface area (Å²) < 4.78 is 20.9. The molecule has 0 spiro atoms. The van der Waals surface area contributed by atoms with E-state index in [0.29, 0.717) is 18.1 Å². The molecule has 9 heteroatoms. The highest BCUT2D eigenvalue weighted by atomic mass is 16.5. The predicted octanol–water partition coefficient (Wildman–Crippen LogP) is 1.77. The Kier molecular flexibility index (Phi) is 7.25. The average molecular weight is 392 g/mol. The van der Waals surface area contributed by atoms with E-state index in [9.17, 15) is 14.4 Å². The predicted molar refractivity (Wildman–Crippen MR) is 99.2 cm³/mol. The molecule has 0 radical (unpaired) electrons. The molecule has 1 aliphatic rings. The number of hydrogen-bond acceptors (Lipinski definition) is 7. The van der Waals surface area contributed by atoms with E-state index in [1.165, 1.54) is 13.2 Å². The van der Waals surface area contributed by atoms with Gasteiger partial charge in [-0.1, -0.05) is 0 Å². The molecule has 1 aromatic carbocycles. The number of urea groups is 1. The molecule has 0 aliphatic carbocycles. The number of nitrogens with one attached hydrogen (secondary N) is 2. The van der Waals surface area contributed by atoms with Crippen molar-refractivity contribution in [3.63, 3.8) is 0 Å². The number of benzene rings is 1. The van der Waals surface area contributed by atoms with Gasteiger partial charge in [-0.25, -0.2) is 14.4 Å². The van der Waals surface area contributed by atoms with Crippen LogP contribution in [0.3, 0.4) is 0 Å². The molecule has 0 saturated carbocycles. The first-order valence-electron chi connectivity index (χ1n) is 8.86. The zero-order valence-electron chi connectivity index (χ0n) is 16.3. The molecule has 0 aromatic heterocycles. The van der Waals surface area contributed by atoms with E-state index in [-0.39, 0.29) is 30.0 Å². The molecule has 2 N–H and O–H groups in total. The Bertz CT molecular complexity index is 788. The van der Waals surface area contributed by atoms with E-state index in [2.05, 4.69) is 10.6 Å². The third-order valence-electron chi connectivity index (χ3n) is 3.91. The van der Waals surface area contributed by atoms with Crippen LogP contribution in [0.5, 0.6) is 11.5 Å². The maximum atomic E-state index is 12.4. The molecule has 1 aromatic rings. The first-order chi connectivity index (χ1) is 13.4. The second-order valence-electron chi connectivity index (χ2n) is 5.81. The Balaban J connectivity index is 2.18. The second kappa shape index (κ2) is 9.63. The maximum Gasteiger partial charge on any atom is 0.338 e. The van der Waals surface area contributed by atoms with Crippen LogP contribution in [0.2, 0.25) is 0 Å². The number of hydrogen-bond donors (Lipinski definition) is 2. The van der Waals surface area contributed by atoms with E-state index in [4.69, 9.17) is 18.9 Å². The summed E-state index contributed by atoms with van der Waals surface area (Å²) in [5.41, 5.74) is 0.631. The summed E-state index contributed by atoms with van der Waals surface area (Å²) in [7, 11) is 1.47. The number of rotatable bonds is 8. The number of amides is 2. The van der Waals surface area contributed by atoms with Crippen molar-refractivity contribution in [3.8, 4) is 11.5 Å². The average Bonchev–Trinajstić information content (AvgIpc) is 2.66. The van der Waals surface area contributed by atoms with Gasteiger partial charge in [0.2, 0.25) is 0 Å². The number of methoxy groups -OCH3 is 1. The van der Waals surface area contributed by atoms with Crippen molar-refractivity contribution < 1.29 is 33.3 Å². The summed E-state index contributed by atoms with van der Waals surface area (Å²) in [4.78, 5) is 36.3. The molecule has 0 unspecified atom stereocenters. The van der Waals surface area contributed by atoms with Crippen LogP contribution < -0.4 is 20.1 Å². The summed E-state index contributed by atoms with van der Waals surface area (Å²) in [6.45, 7) is 5.51. The van der Waals surface area contributed by atoms with Crippen LogP contribution in [0.1, 0.15) is 31.1 Å². The largest absolute Gasteiger partial charge is 0.493 e. The molecule has 0 fully saturated rings. The van der Waals surface area contributed by atoms with Crippen LogP contribution >= 0.6 is 0 Å². The lowest BCUT2D eigenvalue weighted by atomic mass is 10.0.